The molecule has 0 aromatic heterocycles. The number of nitrogens with zero attached hydrogens (tertiary/aromatic N) is 4. The zero-order valence-electron chi connectivity index (χ0n) is 8.62. The molecular weight excluding hydrogens is 196 g/mol. The Kier molecular flexibility index (Phi) is 3.43. The zero-order chi connectivity index (χ0) is 10.7. The van der Waals surface area contributed by atoms with Gasteiger partial charge in [0.05, 0.1) is 12.1 Å². The molecule has 2 fully saturated rings. The Hall–Kier alpha value is -0.810. The van der Waals surface area contributed by atoms with E-state index in [1.165, 1.54) is 0 Å². The predicted molar refractivity (Wildman–Crippen MR) is 54.4 cm³/mol. The summed E-state index contributed by atoms with van der Waals surface area (Å²) < 4.78 is 5.29. The highest BCUT2D eigenvalue weighted by Crippen LogP contribution is 2.22. The van der Waals surface area contributed by atoms with Gasteiger partial charge in [0.15, 0.2) is 0 Å². The summed E-state index contributed by atoms with van der Waals surface area (Å²) in [5, 5.41) is 13.3. The summed E-state index contributed by atoms with van der Waals surface area (Å²) in [4.78, 5) is 4.98. The van der Waals surface area contributed by atoms with Crippen LogP contribution in [0.1, 0.15) is 12.8 Å². The fourth-order valence-corrected chi connectivity index (χ4v) is 2.33. The molecule has 2 atom stereocenters. The van der Waals surface area contributed by atoms with Crippen molar-refractivity contribution in [2.24, 2.45) is 5.11 Å². The second-order valence-electron chi connectivity index (χ2n) is 4.14. The first-order chi connectivity index (χ1) is 7.31. The molecule has 0 aromatic carbocycles. The molecule has 0 aromatic rings. The van der Waals surface area contributed by atoms with Gasteiger partial charge in [-0.3, -0.25) is 4.90 Å². The van der Waals surface area contributed by atoms with Gasteiger partial charge in [-0.25, -0.2) is 0 Å². The molecule has 6 heteroatoms. The summed E-state index contributed by atoms with van der Waals surface area (Å²) in [6.45, 7) is 2.89. The molecule has 0 radical (unpaired) electrons. The molecule has 0 saturated carbocycles. The number of hydrogen-bond donors (Lipinski definition) is 1. The van der Waals surface area contributed by atoms with Gasteiger partial charge in [-0.05, 0) is 18.4 Å². The van der Waals surface area contributed by atoms with Crippen LogP contribution in [0.25, 0.3) is 10.4 Å². The third kappa shape index (κ3) is 2.41. The Morgan fingerprint density at radius 2 is 2.07 bits per heavy atom. The lowest BCUT2D eigenvalue weighted by Crippen LogP contribution is -2.38. The van der Waals surface area contributed by atoms with Gasteiger partial charge in [0, 0.05) is 37.3 Å². The van der Waals surface area contributed by atoms with Crippen LogP contribution in [0.2, 0.25) is 0 Å². The van der Waals surface area contributed by atoms with Crippen molar-refractivity contribution in [2.75, 3.05) is 26.3 Å². The van der Waals surface area contributed by atoms with Gasteiger partial charge in [-0.2, -0.15) is 0 Å². The van der Waals surface area contributed by atoms with Gasteiger partial charge >= 0.3 is 0 Å². The summed E-state index contributed by atoms with van der Waals surface area (Å²) in [6.07, 6.45) is 1.51. The second-order valence-corrected chi connectivity index (χ2v) is 4.14. The summed E-state index contributed by atoms with van der Waals surface area (Å²) >= 11 is 0. The molecule has 2 aliphatic rings. The average molecular weight is 212 g/mol. The number of aliphatic hydroxyl groups excluding tert-OH is 1. The Morgan fingerprint density at radius 1 is 1.33 bits per heavy atom. The molecule has 2 rings (SSSR count). The number of aliphatic hydroxyl groups is 1. The number of rotatable bonds is 2. The third-order valence-electron chi connectivity index (χ3n) is 3.19. The van der Waals surface area contributed by atoms with Crippen LogP contribution in [0.3, 0.4) is 0 Å². The van der Waals surface area contributed by atoms with E-state index < -0.39 is 6.10 Å². The lowest BCUT2D eigenvalue weighted by atomic mass is 10.1. The van der Waals surface area contributed by atoms with Crippen LogP contribution >= 0.6 is 0 Å². The van der Waals surface area contributed by atoms with Crippen molar-refractivity contribution in [2.45, 2.75) is 31.0 Å². The highest BCUT2D eigenvalue weighted by Gasteiger charge is 2.34. The van der Waals surface area contributed by atoms with Gasteiger partial charge in [-0.1, -0.05) is 5.11 Å². The van der Waals surface area contributed by atoms with Gasteiger partial charge in [0.1, 0.15) is 0 Å². The van der Waals surface area contributed by atoms with Crippen molar-refractivity contribution in [1.29, 1.82) is 0 Å². The van der Waals surface area contributed by atoms with Crippen molar-refractivity contribution in [1.82, 2.24) is 4.90 Å². The Labute approximate surface area is 88.4 Å². The van der Waals surface area contributed by atoms with Crippen LogP contribution in [-0.2, 0) is 4.74 Å². The quantitative estimate of drug-likeness (QED) is 0.411. The predicted octanol–water partition coefficient (Wildman–Crippen LogP) is 0.521. The fraction of sp³-hybridized carbons (Fsp3) is 1.00. The van der Waals surface area contributed by atoms with Crippen LogP contribution in [0.4, 0.5) is 0 Å². The van der Waals surface area contributed by atoms with E-state index in [4.69, 9.17) is 10.3 Å². The molecule has 6 nitrogen and oxygen atoms in total. The van der Waals surface area contributed by atoms with Crippen LogP contribution in [-0.4, -0.2) is 54.5 Å². The zero-order valence-corrected chi connectivity index (χ0v) is 8.62. The summed E-state index contributed by atoms with van der Waals surface area (Å²) in [7, 11) is 0. The number of β-amino-alcohol motifs (C(OH)–C–C–N with tert-alkyl or cyclic N) is 1. The number of likely N-dealkylation sites (tertiary alicyclic amines) is 1. The first kappa shape index (κ1) is 10.7. The molecule has 0 unspecified atom stereocenters. The maximum absolute atomic E-state index is 9.68. The van der Waals surface area contributed by atoms with E-state index in [0.29, 0.717) is 19.1 Å². The SMILES string of the molecule is [N-]=[N+]=N[C@H]1CN(C2CCOCC2)C[C@@H]1O. The van der Waals surface area contributed by atoms with E-state index in [-0.39, 0.29) is 6.04 Å². The van der Waals surface area contributed by atoms with E-state index in [9.17, 15) is 5.11 Å². The van der Waals surface area contributed by atoms with Crippen molar-refractivity contribution in [3.63, 3.8) is 0 Å². The lowest BCUT2D eigenvalue weighted by Gasteiger charge is -2.30. The number of hydrogen-bond acceptors (Lipinski definition) is 4. The van der Waals surface area contributed by atoms with E-state index >= 15 is 0 Å². The molecule has 2 saturated heterocycles. The van der Waals surface area contributed by atoms with Gasteiger partial charge in [0.25, 0.3) is 0 Å². The van der Waals surface area contributed by atoms with Crippen molar-refractivity contribution in [3.8, 4) is 0 Å². The molecule has 2 heterocycles. The summed E-state index contributed by atoms with van der Waals surface area (Å²) in [5.41, 5.74) is 8.35. The number of azide groups is 1. The van der Waals surface area contributed by atoms with Gasteiger partial charge < -0.3 is 9.84 Å². The molecule has 0 spiro atoms. The maximum Gasteiger partial charge on any atom is 0.0773 e. The topological polar surface area (TPSA) is 81.5 Å². The monoisotopic (exact) mass is 212 g/mol. The Balaban J connectivity index is 1.92. The van der Waals surface area contributed by atoms with Crippen molar-refractivity contribution >= 4 is 0 Å². The standard InChI is InChI=1S/C9H16N4O2/c10-12-11-8-5-13(6-9(8)14)7-1-3-15-4-2-7/h7-9,14H,1-6H2/t8-,9-/m0/s1. The lowest BCUT2D eigenvalue weighted by molar-refractivity contribution is 0.0377. The normalized spacial score (nSPS) is 33.9. The van der Waals surface area contributed by atoms with Gasteiger partial charge in [-0.15, -0.1) is 0 Å². The van der Waals surface area contributed by atoms with Crippen LogP contribution < -0.4 is 0 Å². The summed E-state index contributed by atoms with van der Waals surface area (Å²) in [5.74, 6) is 0. The summed E-state index contributed by atoms with van der Waals surface area (Å²) in [6, 6.07) is 0.199. The minimum atomic E-state index is -0.510. The Bertz CT molecular complexity index is 261. The molecular formula is C9H16N4O2. The minimum Gasteiger partial charge on any atom is -0.391 e. The Morgan fingerprint density at radius 3 is 2.73 bits per heavy atom. The molecule has 0 amide bonds. The maximum atomic E-state index is 9.68. The molecule has 84 valence electrons. The van der Waals surface area contributed by atoms with Crippen LogP contribution in [0, 0.1) is 0 Å². The first-order valence-corrected chi connectivity index (χ1v) is 5.35. The van der Waals surface area contributed by atoms with Crippen molar-refractivity contribution in [3.05, 3.63) is 10.4 Å². The van der Waals surface area contributed by atoms with E-state index in [1.807, 2.05) is 0 Å². The van der Waals surface area contributed by atoms with E-state index in [1.54, 1.807) is 0 Å². The smallest absolute Gasteiger partial charge is 0.0773 e. The fourth-order valence-electron chi connectivity index (χ4n) is 2.33. The van der Waals surface area contributed by atoms with E-state index in [2.05, 4.69) is 14.9 Å². The minimum absolute atomic E-state index is 0.280. The number of ether oxygens (including phenoxy) is 1. The van der Waals surface area contributed by atoms with Crippen molar-refractivity contribution < 1.29 is 9.84 Å². The molecule has 15 heavy (non-hydrogen) atoms. The average Bonchev–Trinajstić information content (AvgIpc) is 2.63. The highest BCUT2D eigenvalue weighted by atomic mass is 16.5. The third-order valence-corrected chi connectivity index (χ3v) is 3.19. The highest BCUT2D eigenvalue weighted by molar-refractivity contribution is 4.92. The molecule has 2 aliphatic heterocycles. The van der Waals surface area contributed by atoms with Crippen LogP contribution in [0.15, 0.2) is 5.11 Å². The van der Waals surface area contributed by atoms with E-state index in [0.717, 1.165) is 26.1 Å². The largest absolute Gasteiger partial charge is 0.391 e. The first-order valence-electron chi connectivity index (χ1n) is 5.35. The second kappa shape index (κ2) is 4.81. The molecule has 1 N–H and O–H groups in total. The van der Waals surface area contributed by atoms with Crippen LogP contribution in [0.5, 0.6) is 0 Å². The molecule has 0 bridgehead atoms. The van der Waals surface area contributed by atoms with Gasteiger partial charge in [0.2, 0.25) is 0 Å². The molecule has 0 aliphatic carbocycles.